The third-order valence-electron chi connectivity index (χ3n) is 7.56. The molecule has 8 aromatic rings. The maximum Gasteiger partial charge on any atom is 0.136 e. The first kappa shape index (κ1) is 17.4. The molecule has 0 fully saturated rings. The van der Waals surface area contributed by atoms with Crippen molar-refractivity contribution in [1.29, 1.82) is 0 Å². The molecule has 0 saturated heterocycles. The Morgan fingerprint density at radius 1 is 0.410 bits per heavy atom. The topological polar surface area (TPSA) is 13.1 Å². The number of fused-ring (bicyclic) bond motifs is 5. The van der Waals surface area contributed by atoms with Crippen molar-refractivity contribution in [3.63, 3.8) is 0 Å². The highest BCUT2D eigenvalue weighted by Crippen LogP contribution is 2.49. The number of rotatable bonds is 3. The van der Waals surface area contributed by atoms with E-state index in [0.29, 0.717) is 5.56 Å². The van der Waals surface area contributed by atoms with Crippen LogP contribution >= 0.6 is 0 Å². The fourth-order valence-corrected chi connectivity index (χ4v) is 5.99. The van der Waals surface area contributed by atoms with Crippen LogP contribution in [0.5, 0.6) is 0 Å². The highest BCUT2D eigenvalue weighted by Gasteiger charge is 2.22. The molecular formula is C38H24O. The van der Waals surface area contributed by atoms with Crippen LogP contribution in [-0.2, 0) is 0 Å². The van der Waals surface area contributed by atoms with E-state index in [1.807, 2.05) is 78.9 Å². The summed E-state index contributed by atoms with van der Waals surface area (Å²) in [7, 11) is 0. The Kier molecular flexibility index (Phi) is 3.89. The van der Waals surface area contributed by atoms with Crippen molar-refractivity contribution >= 4 is 43.5 Å². The summed E-state index contributed by atoms with van der Waals surface area (Å²) in [5.74, 6) is 0. The summed E-state index contributed by atoms with van der Waals surface area (Å²) >= 11 is 0. The molecule has 0 N–H and O–H groups in total. The van der Waals surface area contributed by atoms with E-state index in [1.165, 1.54) is 0 Å². The molecule has 1 aromatic heterocycles. The number of para-hydroxylation sites is 1. The first-order valence-electron chi connectivity index (χ1n) is 15.5. The third-order valence-corrected chi connectivity index (χ3v) is 7.56. The predicted octanol–water partition coefficient (Wildman–Crippen LogP) is 10.9. The average Bonchev–Trinajstić information content (AvgIpc) is 3.45. The van der Waals surface area contributed by atoms with Gasteiger partial charge in [-0.1, -0.05) is 127 Å². The van der Waals surface area contributed by atoms with E-state index in [0.717, 1.165) is 65.7 Å². The van der Waals surface area contributed by atoms with Gasteiger partial charge in [0, 0.05) is 16.3 Å². The van der Waals surface area contributed by atoms with Crippen LogP contribution in [0.1, 0.15) is 6.85 Å². The monoisotopic (exact) mass is 501 g/mol. The van der Waals surface area contributed by atoms with E-state index in [-0.39, 0.29) is 29.7 Å². The molecule has 0 aliphatic heterocycles. The van der Waals surface area contributed by atoms with E-state index < -0.39 is 6.04 Å². The second-order valence-corrected chi connectivity index (χ2v) is 9.67. The van der Waals surface area contributed by atoms with Gasteiger partial charge in [0.1, 0.15) is 11.2 Å². The van der Waals surface area contributed by atoms with Crippen LogP contribution in [0, 0.1) is 0 Å². The van der Waals surface area contributed by atoms with Gasteiger partial charge >= 0.3 is 0 Å². The van der Waals surface area contributed by atoms with Gasteiger partial charge in [-0.3, -0.25) is 0 Å². The lowest BCUT2D eigenvalue weighted by molar-refractivity contribution is 0.669. The zero-order chi connectivity index (χ0) is 30.1. The largest absolute Gasteiger partial charge is 0.456 e. The summed E-state index contributed by atoms with van der Waals surface area (Å²) in [6.07, 6.45) is 0. The molecule has 0 amide bonds. The molecule has 1 heteroatoms. The standard InChI is InChI=1S/C38H24O/c1-3-13-25(14-4-1)35-27-17-7-9-19-29(27)37(30-20-10-8-18-28(30)35)32-23-24-34-38(31-21-11-12-22-33(31)39-34)36(32)26-15-5-2-6-16-26/h1-24H/i1D,3D,4D,13D,14D. The van der Waals surface area contributed by atoms with Crippen molar-refractivity contribution in [2.45, 2.75) is 0 Å². The quantitative estimate of drug-likeness (QED) is 0.219. The van der Waals surface area contributed by atoms with E-state index in [4.69, 9.17) is 11.3 Å². The van der Waals surface area contributed by atoms with Gasteiger partial charge in [0.25, 0.3) is 0 Å². The molecule has 1 heterocycles. The average molecular weight is 502 g/mol. The van der Waals surface area contributed by atoms with Crippen molar-refractivity contribution < 1.29 is 11.3 Å². The van der Waals surface area contributed by atoms with Gasteiger partial charge in [-0.25, -0.2) is 0 Å². The Labute approximate surface area is 233 Å². The van der Waals surface area contributed by atoms with Gasteiger partial charge in [-0.2, -0.15) is 0 Å². The van der Waals surface area contributed by atoms with Gasteiger partial charge in [0.15, 0.2) is 0 Å². The molecule has 39 heavy (non-hydrogen) atoms. The number of hydrogen-bond acceptors (Lipinski definition) is 1. The van der Waals surface area contributed by atoms with Crippen molar-refractivity contribution in [2.75, 3.05) is 0 Å². The highest BCUT2D eigenvalue weighted by atomic mass is 16.3. The highest BCUT2D eigenvalue weighted by molar-refractivity contribution is 6.25. The fraction of sp³-hybridized carbons (Fsp3) is 0. The molecule has 7 aromatic carbocycles. The van der Waals surface area contributed by atoms with Crippen molar-refractivity contribution in [3.8, 4) is 33.4 Å². The number of hydrogen-bond donors (Lipinski definition) is 0. The minimum atomic E-state index is -0.401. The molecular weight excluding hydrogens is 472 g/mol. The Bertz CT molecular complexity index is 2360. The maximum atomic E-state index is 8.85. The minimum Gasteiger partial charge on any atom is -0.456 e. The predicted molar refractivity (Wildman–Crippen MR) is 165 cm³/mol. The van der Waals surface area contributed by atoms with Gasteiger partial charge < -0.3 is 4.42 Å². The minimum absolute atomic E-state index is 0.203. The second-order valence-electron chi connectivity index (χ2n) is 9.67. The molecule has 182 valence electrons. The molecule has 8 rings (SSSR count). The van der Waals surface area contributed by atoms with Crippen LogP contribution in [0.4, 0.5) is 0 Å². The molecule has 0 bridgehead atoms. The molecule has 0 aliphatic rings. The Hall–Kier alpha value is -5.14. The lowest BCUT2D eigenvalue weighted by atomic mass is 9.83. The number of furan rings is 1. The second kappa shape index (κ2) is 8.72. The van der Waals surface area contributed by atoms with Crippen LogP contribution < -0.4 is 0 Å². The summed E-state index contributed by atoms with van der Waals surface area (Å²) in [6, 6.07) is 37.0. The van der Waals surface area contributed by atoms with Gasteiger partial charge in [-0.15, -0.1) is 0 Å². The molecule has 0 spiro atoms. The molecule has 0 atom stereocenters. The van der Waals surface area contributed by atoms with Crippen LogP contribution in [0.15, 0.2) is 150 Å². The molecule has 0 radical (unpaired) electrons. The van der Waals surface area contributed by atoms with Crippen LogP contribution in [0.2, 0.25) is 0 Å². The van der Waals surface area contributed by atoms with Crippen molar-refractivity contribution in [2.24, 2.45) is 0 Å². The SMILES string of the molecule is [2H]c1c([2H])c([2H])c(-c2c3ccccc3c(-c3ccc4oc5ccccc5c4c3-c3ccccc3)c3ccccc23)c([2H])c1[2H]. The van der Waals surface area contributed by atoms with Crippen molar-refractivity contribution in [1.82, 2.24) is 0 Å². The normalized spacial score (nSPS) is 13.4. The van der Waals surface area contributed by atoms with E-state index in [2.05, 4.69) is 36.4 Å². The Morgan fingerprint density at radius 2 is 0.974 bits per heavy atom. The van der Waals surface area contributed by atoms with Gasteiger partial charge in [0.05, 0.1) is 6.85 Å². The summed E-state index contributed by atoms with van der Waals surface area (Å²) in [6.45, 7) is 0. The molecule has 0 saturated carbocycles. The molecule has 0 unspecified atom stereocenters. The van der Waals surface area contributed by atoms with E-state index >= 15 is 0 Å². The Morgan fingerprint density at radius 3 is 1.64 bits per heavy atom. The van der Waals surface area contributed by atoms with Crippen molar-refractivity contribution in [3.05, 3.63) is 145 Å². The molecule has 1 nitrogen and oxygen atoms in total. The lowest BCUT2D eigenvalue weighted by Crippen LogP contribution is -1.93. The van der Waals surface area contributed by atoms with Crippen LogP contribution in [0.25, 0.3) is 76.9 Å². The lowest BCUT2D eigenvalue weighted by Gasteiger charge is -2.20. The van der Waals surface area contributed by atoms with Crippen LogP contribution in [-0.4, -0.2) is 0 Å². The van der Waals surface area contributed by atoms with Gasteiger partial charge in [-0.05, 0) is 67.6 Å². The first-order valence-corrected chi connectivity index (χ1v) is 13.0. The summed E-state index contributed by atoms with van der Waals surface area (Å²) < 4.78 is 49.0. The maximum absolute atomic E-state index is 8.85. The third kappa shape index (κ3) is 3.34. The summed E-state index contributed by atoms with van der Waals surface area (Å²) in [5, 5.41) is 5.56. The van der Waals surface area contributed by atoms with Crippen LogP contribution in [0.3, 0.4) is 0 Å². The zero-order valence-electron chi connectivity index (χ0n) is 25.9. The van der Waals surface area contributed by atoms with Gasteiger partial charge in [0.2, 0.25) is 0 Å². The summed E-state index contributed by atoms with van der Waals surface area (Å²) in [4.78, 5) is 0. The fourth-order valence-electron chi connectivity index (χ4n) is 5.99. The Balaban J connectivity index is 1.59. The molecule has 0 aliphatic carbocycles. The number of benzene rings is 7. The summed E-state index contributed by atoms with van der Waals surface area (Å²) in [5.41, 5.74) is 6.61. The van der Waals surface area contributed by atoms with E-state index in [9.17, 15) is 0 Å². The van der Waals surface area contributed by atoms with E-state index in [1.54, 1.807) is 0 Å². The zero-order valence-corrected chi connectivity index (χ0v) is 20.9. The smallest absolute Gasteiger partial charge is 0.136 e. The first-order chi connectivity index (χ1) is 21.5.